The van der Waals surface area contributed by atoms with Gasteiger partial charge in [0.15, 0.2) is 0 Å². The van der Waals surface area contributed by atoms with Gasteiger partial charge in [0.1, 0.15) is 6.23 Å². The van der Waals surface area contributed by atoms with Crippen molar-refractivity contribution in [2.75, 3.05) is 0 Å². The lowest BCUT2D eigenvalue weighted by atomic mass is 10.5. The summed E-state index contributed by atoms with van der Waals surface area (Å²) in [5, 5.41) is 3.08. The first-order valence-corrected chi connectivity index (χ1v) is 2.46. The molecule has 3 heteroatoms. The third-order valence-corrected chi connectivity index (χ3v) is 0.906. The molecule has 0 saturated carbocycles. The summed E-state index contributed by atoms with van der Waals surface area (Å²) in [6.07, 6.45) is 0.463. The topological polar surface area (TPSA) is 33.3 Å². The van der Waals surface area contributed by atoms with Gasteiger partial charge < -0.3 is 0 Å². The van der Waals surface area contributed by atoms with Crippen molar-refractivity contribution in [3.05, 3.63) is 0 Å². The lowest BCUT2D eigenvalue weighted by Crippen LogP contribution is -2.28. The third-order valence-electron chi connectivity index (χ3n) is 0.906. The molecule has 0 spiro atoms. The van der Waals surface area contributed by atoms with Gasteiger partial charge in [0.05, 0.1) is 6.17 Å². The average Bonchev–Trinajstić information content (AvgIpc) is 1.87. The first-order chi connectivity index (χ1) is 3.29. The van der Waals surface area contributed by atoms with E-state index in [0.717, 1.165) is 0 Å². The Morgan fingerprint density at radius 3 is 2.29 bits per heavy atom. The molecule has 1 aliphatic rings. The van der Waals surface area contributed by atoms with E-state index in [-0.39, 0.29) is 6.23 Å². The van der Waals surface area contributed by atoms with Gasteiger partial charge in [-0.05, 0) is 13.8 Å². The van der Waals surface area contributed by atoms with E-state index in [1.54, 1.807) is 0 Å². The second-order valence-corrected chi connectivity index (χ2v) is 1.77. The zero-order valence-corrected chi connectivity index (χ0v) is 4.56. The highest BCUT2D eigenvalue weighted by molar-refractivity contribution is 4.58. The van der Waals surface area contributed by atoms with Crippen molar-refractivity contribution in [3.63, 3.8) is 0 Å². The summed E-state index contributed by atoms with van der Waals surface area (Å²) in [5.41, 5.74) is 2.76. The molecule has 2 unspecified atom stereocenters. The molecule has 0 bridgehead atoms. The molecule has 3 nitrogen and oxygen atoms in total. The van der Waals surface area contributed by atoms with Crippen molar-refractivity contribution < 1.29 is 4.84 Å². The predicted octanol–water partition coefficient (Wildman–Crippen LogP) is -0.197. The van der Waals surface area contributed by atoms with E-state index in [1.807, 2.05) is 13.8 Å². The molecule has 0 radical (unpaired) electrons. The van der Waals surface area contributed by atoms with Crippen LogP contribution in [0.3, 0.4) is 0 Å². The van der Waals surface area contributed by atoms with Crippen molar-refractivity contribution in [2.45, 2.75) is 26.2 Å². The van der Waals surface area contributed by atoms with Crippen LogP contribution in [0, 0.1) is 0 Å². The van der Waals surface area contributed by atoms with Crippen LogP contribution in [0.15, 0.2) is 0 Å². The maximum Gasteiger partial charge on any atom is 0.128 e. The summed E-state index contributed by atoms with van der Waals surface area (Å²) in [7, 11) is 0. The monoisotopic (exact) mass is 102 g/mol. The molecule has 2 N–H and O–H groups in total. The lowest BCUT2D eigenvalue weighted by Gasteiger charge is -1.96. The van der Waals surface area contributed by atoms with E-state index >= 15 is 0 Å². The molecule has 1 saturated heterocycles. The third kappa shape index (κ3) is 1.12. The quantitative estimate of drug-likeness (QED) is 0.444. The molecule has 2 atom stereocenters. The second-order valence-electron chi connectivity index (χ2n) is 1.77. The molecule has 0 aromatic heterocycles. The van der Waals surface area contributed by atoms with Gasteiger partial charge in [-0.15, -0.1) is 0 Å². The van der Waals surface area contributed by atoms with Gasteiger partial charge in [0.2, 0.25) is 0 Å². The van der Waals surface area contributed by atoms with Crippen molar-refractivity contribution in [3.8, 4) is 0 Å². The van der Waals surface area contributed by atoms with Gasteiger partial charge in [0, 0.05) is 0 Å². The van der Waals surface area contributed by atoms with Crippen LogP contribution in [0.5, 0.6) is 0 Å². The SMILES string of the molecule is CC1NOC(C)N1. The van der Waals surface area contributed by atoms with Gasteiger partial charge in [-0.25, -0.2) is 0 Å². The van der Waals surface area contributed by atoms with Crippen molar-refractivity contribution in [2.24, 2.45) is 0 Å². The van der Waals surface area contributed by atoms with E-state index in [9.17, 15) is 0 Å². The van der Waals surface area contributed by atoms with Gasteiger partial charge in [0.25, 0.3) is 0 Å². The van der Waals surface area contributed by atoms with E-state index in [2.05, 4.69) is 10.8 Å². The summed E-state index contributed by atoms with van der Waals surface area (Å²) >= 11 is 0. The van der Waals surface area contributed by atoms with Gasteiger partial charge >= 0.3 is 0 Å². The maximum atomic E-state index is 4.90. The van der Waals surface area contributed by atoms with Gasteiger partial charge in [-0.2, -0.15) is 5.48 Å². The summed E-state index contributed by atoms with van der Waals surface area (Å²) < 4.78 is 0. The zero-order chi connectivity index (χ0) is 5.28. The molecule has 1 heterocycles. The Morgan fingerprint density at radius 1 is 1.43 bits per heavy atom. The molecule has 1 rings (SSSR count). The molecule has 7 heavy (non-hydrogen) atoms. The van der Waals surface area contributed by atoms with Crippen molar-refractivity contribution in [1.29, 1.82) is 0 Å². The zero-order valence-electron chi connectivity index (χ0n) is 4.56. The Kier molecular flexibility index (Phi) is 1.27. The van der Waals surface area contributed by atoms with E-state index in [0.29, 0.717) is 6.17 Å². The van der Waals surface area contributed by atoms with Crippen molar-refractivity contribution in [1.82, 2.24) is 10.8 Å². The van der Waals surface area contributed by atoms with Crippen LogP contribution in [0.1, 0.15) is 13.8 Å². The molecular formula is C4H10N2O. The van der Waals surface area contributed by atoms with E-state index in [1.165, 1.54) is 0 Å². The first-order valence-electron chi connectivity index (χ1n) is 2.46. The van der Waals surface area contributed by atoms with Crippen LogP contribution in [0.4, 0.5) is 0 Å². The molecule has 42 valence electrons. The van der Waals surface area contributed by atoms with Crippen LogP contribution in [0.2, 0.25) is 0 Å². The largest absolute Gasteiger partial charge is 0.282 e. The minimum atomic E-state index is 0.162. The van der Waals surface area contributed by atoms with Crippen LogP contribution >= 0.6 is 0 Å². The number of nitrogens with one attached hydrogen (secondary N) is 2. The van der Waals surface area contributed by atoms with Crippen molar-refractivity contribution >= 4 is 0 Å². The smallest absolute Gasteiger partial charge is 0.128 e. The Bertz CT molecular complexity index is 58.7. The summed E-state index contributed by atoms with van der Waals surface area (Å²) in [4.78, 5) is 4.90. The van der Waals surface area contributed by atoms with E-state index in [4.69, 9.17) is 4.84 Å². The standard InChI is InChI=1S/C4H10N2O/c1-3-5-4(2)7-6-3/h3-6H,1-2H3. The Hall–Kier alpha value is -0.120. The van der Waals surface area contributed by atoms with Gasteiger partial charge in [-0.3, -0.25) is 10.2 Å². The molecule has 0 amide bonds. The fourth-order valence-electron chi connectivity index (χ4n) is 0.624. The molecule has 0 aromatic carbocycles. The Balaban J connectivity index is 2.26. The minimum absolute atomic E-state index is 0.162. The molecular weight excluding hydrogens is 92.1 g/mol. The number of hydroxylamine groups is 1. The lowest BCUT2D eigenvalue weighted by molar-refractivity contribution is 0.0343. The van der Waals surface area contributed by atoms with Crippen LogP contribution in [0.25, 0.3) is 0 Å². The van der Waals surface area contributed by atoms with Crippen LogP contribution in [-0.2, 0) is 4.84 Å². The number of rotatable bonds is 0. The molecule has 1 aliphatic heterocycles. The maximum absolute atomic E-state index is 4.90. The normalized spacial score (nSPS) is 42.0. The fraction of sp³-hybridized carbons (Fsp3) is 1.00. The summed E-state index contributed by atoms with van der Waals surface area (Å²) in [6.45, 7) is 3.96. The first kappa shape index (κ1) is 5.03. The van der Waals surface area contributed by atoms with E-state index < -0.39 is 0 Å². The Morgan fingerprint density at radius 2 is 2.14 bits per heavy atom. The summed E-state index contributed by atoms with van der Waals surface area (Å²) in [5.74, 6) is 0. The van der Waals surface area contributed by atoms with Crippen LogP contribution < -0.4 is 10.8 Å². The highest BCUT2D eigenvalue weighted by Gasteiger charge is 2.14. The predicted molar refractivity (Wildman–Crippen MR) is 26.3 cm³/mol. The van der Waals surface area contributed by atoms with Crippen LogP contribution in [-0.4, -0.2) is 12.4 Å². The Labute approximate surface area is 43.0 Å². The molecule has 1 fully saturated rings. The molecule has 0 aromatic rings. The number of hydrogen-bond donors (Lipinski definition) is 2. The highest BCUT2D eigenvalue weighted by atomic mass is 16.7. The highest BCUT2D eigenvalue weighted by Crippen LogP contribution is 1.92. The summed E-state index contributed by atoms with van der Waals surface area (Å²) in [6, 6.07) is 0. The number of hydrogen-bond acceptors (Lipinski definition) is 3. The minimum Gasteiger partial charge on any atom is -0.282 e. The second kappa shape index (κ2) is 1.78. The fourth-order valence-corrected chi connectivity index (χ4v) is 0.624. The average molecular weight is 102 g/mol. The van der Waals surface area contributed by atoms with Gasteiger partial charge in [-0.1, -0.05) is 0 Å². The molecule has 0 aliphatic carbocycles.